The number of nitrogens with zero attached hydrogens (tertiary/aromatic N) is 1. The second-order valence-electron chi connectivity index (χ2n) is 16.8. The van der Waals surface area contributed by atoms with E-state index in [1.807, 2.05) is 21.1 Å². The molecule has 344 valence electrons. The van der Waals surface area contributed by atoms with Crippen LogP contribution in [0.25, 0.3) is 0 Å². The number of aliphatic hydroxyl groups is 1. The van der Waals surface area contributed by atoms with Gasteiger partial charge < -0.3 is 19.8 Å². The molecule has 0 aromatic rings. The van der Waals surface area contributed by atoms with Crippen LogP contribution in [0.15, 0.2) is 97.2 Å². The molecule has 0 bridgehead atoms. The molecular weight excluding hydrogens is 768 g/mol. The van der Waals surface area contributed by atoms with Gasteiger partial charge in [-0.15, -0.1) is 0 Å². The van der Waals surface area contributed by atoms with Crippen molar-refractivity contribution in [2.24, 2.45) is 0 Å². The van der Waals surface area contributed by atoms with Gasteiger partial charge in [0.15, 0.2) is 0 Å². The lowest BCUT2D eigenvalue weighted by molar-refractivity contribution is -0.870. The highest BCUT2D eigenvalue weighted by Gasteiger charge is 2.28. The first kappa shape index (κ1) is 57.4. The van der Waals surface area contributed by atoms with Gasteiger partial charge in [0.2, 0.25) is 5.91 Å². The van der Waals surface area contributed by atoms with Crippen molar-refractivity contribution in [2.45, 2.75) is 180 Å². The van der Waals surface area contributed by atoms with Crippen LogP contribution in [0.4, 0.5) is 0 Å². The average Bonchev–Trinajstić information content (AvgIpc) is 3.20. The van der Waals surface area contributed by atoms with Crippen LogP contribution in [-0.2, 0) is 18.4 Å². The van der Waals surface area contributed by atoms with Gasteiger partial charge in [0.05, 0.1) is 39.9 Å². The number of nitrogens with one attached hydrogen (secondary N) is 1. The topological polar surface area (TPSA) is 105 Å². The number of carbonyl (C=O) groups is 1. The van der Waals surface area contributed by atoms with Gasteiger partial charge >= 0.3 is 7.82 Å². The molecule has 0 rings (SSSR count). The van der Waals surface area contributed by atoms with E-state index in [1.165, 1.54) is 38.5 Å². The normalized spacial score (nSPS) is 15.1. The summed E-state index contributed by atoms with van der Waals surface area (Å²) in [5, 5.41) is 13.9. The molecular formula is C51H90N2O6P+. The van der Waals surface area contributed by atoms with E-state index < -0.39 is 20.0 Å². The highest BCUT2D eigenvalue weighted by molar-refractivity contribution is 7.47. The van der Waals surface area contributed by atoms with Crippen LogP contribution in [0.1, 0.15) is 168 Å². The lowest BCUT2D eigenvalue weighted by Crippen LogP contribution is -2.46. The average molecular weight is 858 g/mol. The highest BCUT2D eigenvalue weighted by atomic mass is 31.2. The lowest BCUT2D eigenvalue weighted by Gasteiger charge is -2.26. The first-order chi connectivity index (χ1) is 29.0. The fourth-order valence-electron chi connectivity index (χ4n) is 6.12. The van der Waals surface area contributed by atoms with Crippen LogP contribution in [0, 0.1) is 0 Å². The van der Waals surface area contributed by atoms with Crippen LogP contribution < -0.4 is 5.32 Å². The van der Waals surface area contributed by atoms with Crippen LogP contribution in [0.5, 0.6) is 0 Å². The lowest BCUT2D eigenvalue weighted by atomic mass is 10.0. The molecule has 0 aliphatic rings. The number of likely N-dealkylation sites (N-methyl/N-ethyl adjacent to an activating group) is 1. The summed E-state index contributed by atoms with van der Waals surface area (Å²) in [6, 6.07) is -0.779. The molecule has 0 fully saturated rings. The first-order valence-corrected chi connectivity index (χ1v) is 25.1. The minimum absolute atomic E-state index is 0.0634. The minimum atomic E-state index is -4.32. The third-order valence-corrected chi connectivity index (χ3v) is 10.8. The Bertz CT molecular complexity index is 1290. The number of amides is 1. The molecule has 0 radical (unpaired) electrons. The molecule has 0 aromatic heterocycles. The zero-order valence-corrected chi connectivity index (χ0v) is 39.8. The van der Waals surface area contributed by atoms with Gasteiger partial charge in [-0.05, 0) is 77.0 Å². The third kappa shape index (κ3) is 43.5. The summed E-state index contributed by atoms with van der Waals surface area (Å²) in [4.78, 5) is 23.1. The zero-order valence-electron chi connectivity index (χ0n) is 38.9. The number of carbonyl (C=O) groups excluding carboxylic acids is 1. The molecule has 9 heteroatoms. The predicted octanol–water partition coefficient (Wildman–Crippen LogP) is 13.5. The molecule has 0 heterocycles. The number of aliphatic hydroxyl groups excluding tert-OH is 1. The quantitative estimate of drug-likeness (QED) is 0.0245. The van der Waals surface area contributed by atoms with Gasteiger partial charge in [0, 0.05) is 6.42 Å². The summed E-state index contributed by atoms with van der Waals surface area (Å²) in [5.74, 6) is -0.177. The van der Waals surface area contributed by atoms with Crippen molar-refractivity contribution in [2.75, 3.05) is 40.9 Å². The van der Waals surface area contributed by atoms with Crippen molar-refractivity contribution in [1.29, 1.82) is 0 Å². The number of quaternary nitrogens is 1. The van der Waals surface area contributed by atoms with Gasteiger partial charge in [-0.25, -0.2) is 4.57 Å². The van der Waals surface area contributed by atoms with Gasteiger partial charge in [0.1, 0.15) is 13.2 Å². The Balaban J connectivity index is 4.26. The van der Waals surface area contributed by atoms with Crippen molar-refractivity contribution in [3.05, 3.63) is 97.2 Å². The number of phosphoric acid groups is 1. The first-order valence-electron chi connectivity index (χ1n) is 23.6. The Labute approximate surface area is 369 Å². The monoisotopic (exact) mass is 858 g/mol. The molecule has 0 aromatic carbocycles. The maximum absolute atomic E-state index is 12.9. The molecule has 3 unspecified atom stereocenters. The summed E-state index contributed by atoms with van der Waals surface area (Å²) in [7, 11) is 1.58. The highest BCUT2D eigenvalue weighted by Crippen LogP contribution is 2.43. The molecule has 0 saturated heterocycles. The Hall–Kier alpha value is -2.58. The minimum Gasteiger partial charge on any atom is -0.391 e. The van der Waals surface area contributed by atoms with Gasteiger partial charge in [-0.3, -0.25) is 13.8 Å². The molecule has 60 heavy (non-hydrogen) atoms. The number of unbranched alkanes of at least 4 members (excludes halogenated alkanes) is 12. The maximum atomic E-state index is 12.9. The van der Waals surface area contributed by atoms with Gasteiger partial charge in [-0.2, -0.15) is 0 Å². The largest absolute Gasteiger partial charge is 0.472 e. The molecule has 3 atom stereocenters. The Morgan fingerprint density at radius 3 is 1.47 bits per heavy atom. The molecule has 1 amide bonds. The fourth-order valence-corrected chi connectivity index (χ4v) is 6.85. The third-order valence-electron chi connectivity index (χ3n) is 9.85. The van der Waals surface area contributed by atoms with Crippen molar-refractivity contribution in [3.8, 4) is 0 Å². The van der Waals surface area contributed by atoms with Crippen molar-refractivity contribution < 1.29 is 32.9 Å². The van der Waals surface area contributed by atoms with E-state index >= 15 is 0 Å². The maximum Gasteiger partial charge on any atom is 0.472 e. The number of phosphoric ester groups is 1. The molecule has 0 saturated carbocycles. The van der Waals surface area contributed by atoms with E-state index in [4.69, 9.17) is 9.05 Å². The predicted molar refractivity (Wildman–Crippen MR) is 258 cm³/mol. The van der Waals surface area contributed by atoms with Crippen molar-refractivity contribution >= 4 is 13.7 Å². The fraction of sp³-hybridized carbons (Fsp3) is 0.667. The van der Waals surface area contributed by atoms with Crippen LogP contribution in [0.2, 0.25) is 0 Å². The van der Waals surface area contributed by atoms with E-state index in [1.54, 1.807) is 0 Å². The second kappa shape index (κ2) is 41.8. The summed E-state index contributed by atoms with van der Waals surface area (Å²) >= 11 is 0. The summed E-state index contributed by atoms with van der Waals surface area (Å²) in [6.45, 7) is 4.70. The smallest absolute Gasteiger partial charge is 0.391 e. The molecule has 0 aliphatic heterocycles. The Morgan fingerprint density at radius 1 is 0.583 bits per heavy atom. The van der Waals surface area contributed by atoms with Gasteiger partial charge in [0.25, 0.3) is 0 Å². The molecule has 0 aliphatic carbocycles. The Morgan fingerprint density at radius 2 is 1.00 bits per heavy atom. The van der Waals surface area contributed by atoms with Gasteiger partial charge in [-0.1, -0.05) is 182 Å². The summed E-state index contributed by atoms with van der Waals surface area (Å²) < 4.78 is 23.6. The molecule has 0 spiro atoms. The van der Waals surface area contributed by atoms with E-state index in [2.05, 4.69) is 116 Å². The van der Waals surface area contributed by atoms with E-state index in [-0.39, 0.29) is 19.1 Å². The SMILES string of the molecule is CC/C=C\C/C=C\C/C=C\C/C=C\C/C=C\C/C=C\C/C=C\C/C=C\CCCCCCC(=O)NC(COP(=O)(O)OCC[N+](C)(C)C)C(O)CCCCCCCCCCC. The van der Waals surface area contributed by atoms with E-state index in [0.29, 0.717) is 23.9 Å². The number of hydrogen-bond donors (Lipinski definition) is 3. The second-order valence-corrected chi connectivity index (χ2v) is 18.2. The summed E-state index contributed by atoms with van der Waals surface area (Å²) in [6.07, 6.45) is 58.8. The van der Waals surface area contributed by atoms with Crippen molar-refractivity contribution in [1.82, 2.24) is 5.32 Å². The number of allylic oxidation sites excluding steroid dienone is 16. The molecule has 8 nitrogen and oxygen atoms in total. The van der Waals surface area contributed by atoms with Crippen molar-refractivity contribution in [3.63, 3.8) is 0 Å². The number of rotatable bonds is 41. The standard InChI is InChI=1S/C51H89N2O6P/c1-6-8-10-12-14-16-17-18-19-20-21-22-23-24-25-26-27-28-29-30-31-32-33-34-35-37-39-41-43-45-51(55)52-49(48-59-60(56,57)58-47-46-53(3,4)5)50(54)44-42-40-38-36-15-13-11-9-7-2/h8,10,14,16,18-19,21-22,24-25,27-28,30-31,33-34,49-50,54H,6-7,9,11-13,15,17,20,23,26,29,32,35-48H2,1-5H3,(H-,52,55,56,57)/p+1/b10-8-,16-14-,19-18-,22-21-,25-24-,28-27-,31-30-,34-33-. The molecule has 3 N–H and O–H groups in total. The van der Waals surface area contributed by atoms with E-state index in [9.17, 15) is 19.4 Å². The van der Waals surface area contributed by atoms with Crippen LogP contribution in [-0.4, -0.2) is 73.4 Å². The zero-order chi connectivity index (χ0) is 44.3. The van der Waals surface area contributed by atoms with Crippen LogP contribution >= 0.6 is 7.82 Å². The number of hydrogen-bond acceptors (Lipinski definition) is 5. The van der Waals surface area contributed by atoms with Crippen LogP contribution in [0.3, 0.4) is 0 Å². The van der Waals surface area contributed by atoms with E-state index in [0.717, 1.165) is 103 Å². The Kier molecular flexibility index (Phi) is 40.0. The summed E-state index contributed by atoms with van der Waals surface area (Å²) in [5.41, 5.74) is 0.